The number of furan rings is 1. The van der Waals surface area contributed by atoms with E-state index in [0.29, 0.717) is 6.61 Å². The van der Waals surface area contributed by atoms with Crippen molar-refractivity contribution < 1.29 is 9.15 Å². The lowest BCUT2D eigenvalue weighted by molar-refractivity contribution is 0.338. The van der Waals surface area contributed by atoms with Gasteiger partial charge in [0.25, 0.3) is 0 Å². The van der Waals surface area contributed by atoms with Gasteiger partial charge in [-0.1, -0.05) is 13.8 Å². The monoisotopic (exact) mass is 274 g/mol. The van der Waals surface area contributed by atoms with Gasteiger partial charge >= 0.3 is 0 Å². The zero-order valence-electron chi connectivity index (χ0n) is 12.3. The van der Waals surface area contributed by atoms with E-state index in [4.69, 9.17) is 9.15 Å². The van der Waals surface area contributed by atoms with Crippen molar-refractivity contribution in [1.82, 2.24) is 10.3 Å². The third kappa shape index (κ3) is 3.20. The van der Waals surface area contributed by atoms with E-state index in [1.165, 1.54) is 5.56 Å². The quantitative estimate of drug-likeness (QED) is 0.841. The molecular weight excluding hydrogens is 252 g/mol. The minimum atomic E-state index is 0.0848. The summed E-state index contributed by atoms with van der Waals surface area (Å²) in [6.07, 6.45) is 6.25. The Labute approximate surface area is 120 Å². The number of nitrogens with zero attached hydrogens (tertiary/aromatic N) is 1. The highest BCUT2D eigenvalue weighted by atomic mass is 16.5. The normalized spacial score (nSPS) is 12.3. The van der Waals surface area contributed by atoms with Crippen molar-refractivity contribution in [2.75, 3.05) is 13.2 Å². The van der Waals surface area contributed by atoms with Gasteiger partial charge in [0.1, 0.15) is 11.5 Å². The first kappa shape index (κ1) is 14.6. The molecule has 1 atom stereocenters. The van der Waals surface area contributed by atoms with Crippen LogP contribution in [0.15, 0.2) is 35.2 Å². The van der Waals surface area contributed by atoms with Crippen LogP contribution in [0.5, 0.6) is 5.75 Å². The van der Waals surface area contributed by atoms with E-state index in [2.05, 4.69) is 24.1 Å². The molecule has 0 spiro atoms. The molecule has 108 valence electrons. The number of ether oxygens (including phenoxy) is 1. The lowest BCUT2D eigenvalue weighted by atomic mass is 9.99. The molecule has 0 radical (unpaired) electrons. The average Bonchev–Trinajstić information content (AvgIpc) is 2.93. The fourth-order valence-corrected chi connectivity index (χ4v) is 2.35. The Morgan fingerprint density at radius 3 is 2.85 bits per heavy atom. The third-order valence-electron chi connectivity index (χ3n) is 3.20. The molecule has 2 rings (SSSR count). The lowest BCUT2D eigenvalue weighted by Gasteiger charge is -2.18. The van der Waals surface area contributed by atoms with Gasteiger partial charge in [-0.2, -0.15) is 0 Å². The molecule has 2 heterocycles. The van der Waals surface area contributed by atoms with E-state index in [0.717, 1.165) is 30.0 Å². The second kappa shape index (κ2) is 7.10. The molecule has 0 saturated heterocycles. The molecule has 0 aliphatic heterocycles. The summed E-state index contributed by atoms with van der Waals surface area (Å²) in [6.45, 7) is 7.68. The average molecular weight is 274 g/mol. The van der Waals surface area contributed by atoms with Gasteiger partial charge in [-0.05, 0) is 31.2 Å². The molecular formula is C16H22N2O2. The Hall–Kier alpha value is -1.81. The van der Waals surface area contributed by atoms with Crippen LogP contribution < -0.4 is 10.1 Å². The summed E-state index contributed by atoms with van der Waals surface area (Å²) < 4.78 is 11.1. The zero-order valence-corrected chi connectivity index (χ0v) is 12.3. The van der Waals surface area contributed by atoms with E-state index in [1.54, 1.807) is 12.5 Å². The number of pyridine rings is 1. The molecule has 0 aliphatic carbocycles. The van der Waals surface area contributed by atoms with Gasteiger partial charge in [-0.15, -0.1) is 0 Å². The van der Waals surface area contributed by atoms with Gasteiger partial charge in [-0.25, -0.2) is 0 Å². The van der Waals surface area contributed by atoms with Gasteiger partial charge in [0, 0.05) is 18.2 Å². The van der Waals surface area contributed by atoms with Gasteiger partial charge in [0.05, 0.1) is 25.1 Å². The minimum Gasteiger partial charge on any atom is -0.492 e. The number of hydrogen-bond donors (Lipinski definition) is 1. The topological polar surface area (TPSA) is 47.3 Å². The summed E-state index contributed by atoms with van der Waals surface area (Å²) in [6, 6.07) is 4.15. The van der Waals surface area contributed by atoms with Gasteiger partial charge < -0.3 is 14.5 Å². The van der Waals surface area contributed by atoms with Crippen molar-refractivity contribution in [3.05, 3.63) is 47.7 Å². The van der Waals surface area contributed by atoms with Crippen molar-refractivity contribution >= 4 is 0 Å². The van der Waals surface area contributed by atoms with Crippen LogP contribution in [-0.4, -0.2) is 18.1 Å². The second-order valence-electron chi connectivity index (χ2n) is 4.53. The van der Waals surface area contributed by atoms with Crippen molar-refractivity contribution in [1.29, 1.82) is 0 Å². The fraction of sp³-hybridized carbons (Fsp3) is 0.438. The van der Waals surface area contributed by atoms with Crippen molar-refractivity contribution in [3.8, 4) is 5.75 Å². The molecule has 0 aliphatic rings. The summed E-state index contributed by atoms with van der Waals surface area (Å²) in [4.78, 5) is 4.28. The molecule has 1 unspecified atom stereocenters. The number of aromatic nitrogens is 1. The molecule has 2 aromatic rings. The molecule has 1 N–H and O–H groups in total. The largest absolute Gasteiger partial charge is 0.492 e. The van der Waals surface area contributed by atoms with E-state index in [9.17, 15) is 0 Å². The number of rotatable bonds is 7. The Morgan fingerprint density at radius 2 is 2.15 bits per heavy atom. The molecule has 0 bridgehead atoms. The van der Waals surface area contributed by atoms with Crippen LogP contribution in [0.2, 0.25) is 0 Å². The Morgan fingerprint density at radius 1 is 1.30 bits per heavy atom. The van der Waals surface area contributed by atoms with Crippen LogP contribution in [-0.2, 0) is 6.42 Å². The molecule has 0 amide bonds. The highest BCUT2D eigenvalue weighted by Crippen LogP contribution is 2.28. The molecule has 4 nitrogen and oxygen atoms in total. The van der Waals surface area contributed by atoms with Gasteiger partial charge in [0.15, 0.2) is 0 Å². The highest BCUT2D eigenvalue weighted by molar-refractivity contribution is 5.35. The predicted molar refractivity (Wildman–Crippen MR) is 79.0 cm³/mol. The van der Waals surface area contributed by atoms with Gasteiger partial charge in [0.2, 0.25) is 0 Å². The van der Waals surface area contributed by atoms with Crippen molar-refractivity contribution in [2.45, 2.75) is 33.2 Å². The van der Waals surface area contributed by atoms with Gasteiger partial charge in [-0.3, -0.25) is 4.98 Å². The predicted octanol–water partition coefficient (Wildman–Crippen LogP) is 3.33. The first-order valence-electron chi connectivity index (χ1n) is 7.17. The van der Waals surface area contributed by atoms with Crippen molar-refractivity contribution in [2.24, 2.45) is 0 Å². The van der Waals surface area contributed by atoms with Crippen LogP contribution in [0.3, 0.4) is 0 Å². The zero-order chi connectivity index (χ0) is 14.4. The summed E-state index contributed by atoms with van der Waals surface area (Å²) in [5.41, 5.74) is 2.26. The Kier molecular flexibility index (Phi) is 5.18. The van der Waals surface area contributed by atoms with E-state index in [-0.39, 0.29) is 6.04 Å². The van der Waals surface area contributed by atoms with Crippen LogP contribution in [0, 0.1) is 0 Å². The maximum atomic E-state index is 5.55. The standard InChI is InChI=1S/C16H22N2O2/c1-4-15-14(7-8-20-15)16(18-5-2)12-9-13(19-6-3)11-17-10-12/h7-11,16,18H,4-6H2,1-3H3. The number of aryl methyl sites for hydroxylation is 1. The van der Waals surface area contributed by atoms with E-state index < -0.39 is 0 Å². The van der Waals surface area contributed by atoms with Crippen LogP contribution in [0.25, 0.3) is 0 Å². The first-order chi connectivity index (χ1) is 9.80. The SMILES string of the molecule is CCNC(c1cncc(OCC)c1)c1ccoc1CC. The minimum absolute atomic E-state index is 0.0848. The number of nitrogens with one attached hydrogen (secondary N) is 1. The Balaban J connectivity index is 2.35. The molecule has 0 fully saturated rings. The highest BCUT2D eigenvalue weighted by Gasteiger charge is 2.19. The van der Waals surface area contributed by atoms with E-state index in [1.807, 2.05) is 25.3 Å². The maximum Gasteiger partial charge on any atom is 0.137 e. The molecule has 20 heavy (non-hydrogen) atoms. The summed E-state index contributed by atoms with van der Waals surface area (Å²) in [5, 5.41) is 3.49. The number of hydrogen-bond acceptors (Lipinski definition) is 4. The molecule has 0 aromatic carbocycles. The maximum absolute atomic E-state index is 5.55. The van der Waals surface area contributed by atoms with E-state index >= 15 is 0 Å². The summed E-state index contributed by atoms with van der Waals surface area (Å²) in [5.74, 6) is 1.81. The molecule has 0 saturated carbocycles. The van der Waals surface area contributed by atoms with Crippen LogP contribution >= 0.6 is 0 Å². The smallest absolute Gasteiger partial charge is 0.137 e. The molecule has 4 heteroatoms. The third-order valence-corrected chi connectivity index (χ3v) is 3.20. The van der Waals surface area contributed by atoms with Crippen molar-refractivity contribution in [3.63, 3.8) is 0 Å². The van der Waals surface area contributed by atoms with Crippen LogP contribution in [0.1, 0.15) is 43.7 Å². The first-order valence-corrected chi connectivity index (χ1v) is 7.17. The summed E-state index contributed by atoms with van der Waals surface area (Å²) in [7, 11) is 0. The van der Waals surface area contributed by atoms with Crippen LogP contribution in [0.4, 0.5) is 0 Å². The molecule has 2 aromatic heterocycles. The lowest BCUT2D eigenvalue weighted by Crippen LogP contribution is -2.22. The summed E-state index contributed by atoms with van der Waals surface area (Å²) >= 11 is 0. The fourth-order valence-electron chi connectivity index (χ4n) is 2.35. The second-order valence-corrected chi connectivity index (χ2v) is 4.53. The Bertz CT molecular complexity index is 537.